The van der Waals surface area contributed by atoms with Crippen molar-refractivity contribution in [3.63, 3.8) is 0 Å². The predicted octanol–water partition coefficient (Wildman–Crippen LogP) is 3.46. The van der Waals surface area contributed by atoms with E-state index in [2.05, 4.69) is 43.1 Å². The summed E-state index contributed by atoms with van der Waals surface area (Å²) in [5.74, 6) is 0. The van der Waals surface area contributed by atoms with Crippen LogP contribution in [0.15, 0.2) is 35.3 Å². The molecule has 1 aliphatic rings. The maximum absolute atomic E-state index is 5.04. The van der Waals surface area contributed by atoms with Gasteiger partial charge >= 0.3 is 0 Å². The largest absolute Gasteiger partial charge is 0.481 e. The average molecular weight is 219 g/mol. The molecule has 0 aromatic heterocycles. The average Bonchev–Trinajstić information content (AvgIpc) is 2.84. The van der Waals surface area contributed by atoms with Gasteiger partial charge in [0.1, 0.15) is 6.61 Å². The first-order valence-corrected chi connectivity index (χ1v) is 6.04. The van der Waals surface area contributed by atoms with Gasteiger partial charge in [-0.05, 0) is 12.0 Å². The molecule has 1 aromatic carbocycles. The summed E-state index contributed by atoms with van der Waals surface area (Å²) in [6, 6.07) is 10.7. The van der Waals surface area contributed by atoms with Crippen molar-refractivity contribution in [2.75, 3.05) is 6.61 Å². The van der Waals surface area contributed by atoms with E-state index < -0.39 is 0 Å². The lowest BCUT2D eigenvalue weighted by Crippen LogP contribution is -2.09. The molecule has 0 saturated heterocycles. The van der Waals surface area contributed by atoms with Gasteiger partial charge in [-0.1, -0.05) is 57.0 Å². The molecule has 2 heteroatoms. The summed E-state index contributed by atoms with van der Waals surface area (Å²) in [4.78, 5) is 4.18. The number of aliphatic imine (C=N–C) groups is 1. The van der Waals surface area contributed by atoms with Gasteiger partial charge in [-0.15, -0.1) is 0 Å². The zero-order valence-electron chi connectivity index (χ0n) is 10.2. The van der Waals surface area contributed by atoms with Gasteiger partial charge in [0, 0.05) is 0 Å². The molecule has 0 spiro atoms. The quantitative estimate of drug-likeness (QED) is 0.763. The fourth-order valence-corrected chi connectivity index (χ4v) is 1.32. The third-order valence-corrected chi connectivity index (χ3v) is 2.45. The number of hydrogen-bond donors (Lipinski definition) is 0. The van der Waals surface area contributed by atoms with E-state index in [0.717, 1.165) is 13.0 Å². The standard InChI is InChI=1S/C10H11NO.C4H10/c1-2-4-9(5-3-1)6-10-7-12-8-11-10;1-3-4-2/h1-5,8,10H,6-7H2;3-4H2,1-2H3. The summed E-state index contributed by atoms with van der Waals surface area (Å²) in [6.45, 7) is 5.09. The molecule has 2 nitrogen and oxygen atoms in total. The number of unbranched alkanes of at least 4 members (excludes halogenated alkanes) is 1. The Hall–Kier alpha value is -1.31. The summed E-state index contributed by atoms with van der Waals surface area (Å²) in [5.41, 5.74) is 1.32. The first kappa shape index (κ1) is 12.8. The summed E-state index contributed by atoms with van der Waals surface area (Å²) in [5, 5.41) is 0. The lowest BCUT2D eigenvalue weighted by Gasteiger charge is -2.04. The Morgan fingerprint density at radius 2 is 1.88 bits per heavy atom. The second-order valence-electron chi connectivity index (χ2n) is 3.93. The number of rotatable bonds is 3. The van der Waals surface area contributed by atoms with Crippen molar-refractivity contribution in [2.45, 2.75) is 39.2 Å². The minimum Gasteiger partial charge on any atom is -0.481 e. The van der Waals surface area contributed by atoms with Crippen LogP contribution in [0.5, 0.6) is 0 Å². The van der Waals surface area contributed by atoms with Crippen LogP contribution in [-0.4, -0.2) is 19.0 Å². The topological polar surface area (TPSA) is 21.6 Å². The van der Waals surface area contributed by atoms with Gasteiger partial charge in [-0.3, -0.25) is 4.99 Å². The Kier molecular flexibility index (Phi) is 6.31. The Bertz CT molecular complexity index is 293. The van der Waals surface area contributed by atoms with E-state index in [0.29, 0.717) is 6.04 Å². The Balaban J connectivity index is 0.000000280. The van der Waals surface area contributed by atoms with E-state index in [9.17, 15) is 0 Å². The summed E-state index contributed by atoms with van der Waals surface area (Å²) < 4.78 is 5.04. The molecule has 1 atom stereocenters. The molecule has 0 saturated carbocycles. The Labute approximate surface area is 98.4 Å². The zero-order valence-corrected chi connectivity index (χ0v) is 10.2. The van der Waals surface area contributed by atoms with Gasteiger partial charge in [-0.25, -0.2) is 0 Å². The molecule has 0 bridgehead atoms. The van der Waals surface area contributed by atoms with Gasteiger partial charge in [0.25, 0.3) is 0 Å². The van der Waals surface area contributed by atoms with E-state index in [4.69, 9.17) is 4.74 Å². The van der Waals surface area contributed by atoms with Crippen LogP contribution in [0.4, 0.5) is 0 Å². The summed E-state index contributed by atoms with van der Waals surface area (Å²) in [6.07, 6.45) is 5.17. The third kappa shape index (κ3) is 4.96. The van der Waals surface area contributed by atoms with Crippen molar-refractivity contribution in [1.82, 2.24) is 0 Å². The third-order valence-electron chi connectivity index (χ3n) is 2.45. The first-order chi connectivity index (χ1) is 7.86. The van der Waals surface area contributed by atoms with Crippen LogP contribution in [0.1, 0.15) is 32.3 Å². The van der Waals surface area contributed by atoms with Crippen LogP contribution >= 0.6 is 0 Å². The maximum Gasteiger partial charge on any atom is 0.169 e. The highest BCUT2D eigenvalue weighted by atomic mass is 16.5. The van der Waals surface area contributed by atoms with Crippen LogP contribution in [0, 0.1) is 0 Å². The van der Waals surface area contributed by atoms with Gasteiger partial charge in [0.2, 0.25) is 0 Å². The molecule has 1 aromatic rings. The van der Waals surface area contributed by atoms with Gasteiger partial charge < -0.3 is 4.74 Å². The van der Waals surface area contributed by atoms with Crippen LogP contribution in [0.3, 0.4) is 0 Å². The molecular weight excluding hydrogens is 198 g/mol. The molecule has 0 fully saturated rings. The lowest BCUT2D eigenvalue weighted by atomic mass is 10.1. The van der Waals surface area contributed by atoms with E-state index in [1.165, 1.54) is 18.4 Å². The van der Waals surface area contributed by atoms with E-state index in [1.807, 2.05) is 6.07 Å². The molecular formula is C14H21NO. The molecule has 0 aliphatic carbocycles. The smallest absolute Gasteiger partial charge is 0.169 e. The highest BCUT2D eigenvalue weighted by Gasteiger charge is 2.11. The molecule has 1 aliphatic heterocycles. The van der Waals surface area contributed by atoms with Crippen molar-refractivity contribution < 1.29 is 4.74 Å². The Morgan fingerprint density at radius 1 is 1.19 bits per heavy atom. The minimum absolute atomic E-state index is 0.326. The molecule has 16 heavy (non-hydrogen) atoms. The van der Waals surface area contributed by atoms with E-state index >= 15 is 0 Å². The molecule has 2 rings (SSSR count). The monoisotopic (exact) mass is 219 g/mol. The van der Waals surface area contributed by atoms with E-state index in [1.54, 1.807) is 6.40 Å². The van der Waals surface area contributed by atoms with Crippen LogP contribution in [0.25, 0.3) is 0 Å². The maximum atomic E-state index is 5.04. The van der Waals surface area contributed by atoms with Crippen LogP contribution in [-0.2, 0) is 11.2 Å². The van der Waals surface area contributed by atoms with Crippen molar-refractivity contribution >= 4 is 6.40 Å². The van der Waals surface area contributed by atoms with Gasteiger partial charge in [-0.2, -0.15) is 0 Å². The van der Waals surface area contributed by atoms with E-state index in [-0.39, 0.29) is 0 Å². The van der Waals surface area contributed by atoms with Crippen LogP contribution < -0.4 is 0 Å². The minimum atomic E-state index is 0.326. The zero-order chi connectivity index (χ0) is 11.6. The highest BCUT2D eigenvalue weighted by Crippen LogP contribution is 2.08. The fourth-order valence-electron chi connectivity index (χ4n) is 1.32. The second kappa shape index (κ2) is 7.91. The molecule has 1 unspecified atom stereocenters. The number of benzene rings is 1. The number of nitrogens with zero attached hydrogens (tertiary/aromatic N) is 1. The highest BCUT2D eigenvalue weighted by molar-refractivity contribution is 5.49. The molecule has 0 radical (unpaired) electrons. The molecule has 0 N–H and O–H groups in total. The molecule has 88 valence electrons. The van der Waals surface area contributed by atoms with Crippen LogP contribution in [0.2, 0.25) is 0 Å². The number of hydrogen-bond acceptors (Lipinski definition) is 2. The predicted molar refractivity (Wildman–Crippen MR) is 69.0 cm³/mol. The summed E-state index contributed by atoms with van der Waals surface area (Å²) in [7, 11) is 0. The normalized spacial score (nSPS) is 17.5. The van der Waals surface area contributed by atoms with Crippen molar-refractivity contribution in [3.05, 3.63) is 35.9 Å². The molecule has 1 heterocycles. The molecule has 0 amide bonds. The first-order valence-electron chi connectivity index (χ1n) is 6.04. The van der Waals surface area contributed by atoms with Gasteiger partial charge in [0.15, 0.2) is 6.40 Å². The second-order valence-corrected chi connectivity index (χ2v) is 3.93. The van der Waals surface area contributed by atoms with Crippen molar-refractivity contribution in [3.8, 4) is 0 Å². The fraction of sp³-hybridized carbons (Fsp3) is 0.500. The SMILES string of the molecule is C1=NC(Cc2ccccc2)CO1.CCCC. The van der Waals surface area contributed by atoms with Gasteiger partial charge in [0.05, 0.1) is 6.04 Å². The number of ether oxygens (including phenoxy) is 1. The summed E-state index contributed by atoms with van der Waals surface area (Å²) >= 11 is 0. The van der Waals surface area contributed by atoms with Crippen molar-refractivity contribution in [1.29, 1.82) is 0 Å². The lowest BCUT2D eigenvalue weighted by molar-refractivity contribution is 0.327. The Morgan fingerprint density at radius 3 is 2.38 bits per heavy atom. The van der Waals surface area contributed by atoms with Crippen molar-refractivity contribution in [2.24, 2.45) is 4.99 Å².